The molecule has 0 fully saturated rings. The monoisotopic (exact) mass is 285 g/mol. The first-order valence-electron chi connectivity index (χ1n) is 7.47. The molecule has 19 heavy (non-hydrogen) atoms. The van der Waals surface area contributed by atoms with Crippen LogP contribution in [0.25, 0.3) is 0 Å². The summed E-state index contributed by atoms with van der Waals surface area (Å²) in [6.45, 7) is 12.3. The number of rotatable bonds is 7. The maximum Gasteiger partial charge on any atom is 0.156 e. The number of amidine groups is 1. The zero-order valence-electron chi connectivity index (χ0n) is 13.5. The molecule has 4 heteroatoms. The Morgan fingerprint density at radius 3 is 2.53 bits per heavy atom. The summed E-state index contributed by atoms with van der Waals surface area (Å²) in [4.78, 5) is 6.92. The highest BCUT2D eigenvalue weighted by Gasteiger charge is 2.27. The number of hydrogen-bond acceptors (Lipinski definition) is 4. The fourth-order valence-corrected chi connectivity index (χ4v) is 4.09. The van der Waals surface area contributed by atoms with Crippen molar-refractivity contribution < 1.29 is 0 Å². The highest BCUT2D eigenvalue weighted by Crippen LogP contribution is 2.30. The summed E-state index contributed by atoms with van der Waals surface area (Å²) in [5.74, 6) is 0.808. The van der Waals surface area contributed by atoms with E-state index < -0.39 is 0 Å². The lowest BCUT2D eigenvalue weighted by molar-refractivity contribution is 0.242. The Balaban J connectivity index is 2.36. The van der Waals surface area contributed by atoms with E-state index in [9.17, 15) is 0 Å². The molecule has 1 atom stereocenters. The smallest absolute Gasteiger partial charge is 0.156 e. The lowest BCUT2D eigenvalue weighted by atomic mass is 9.93. The summed E-state index contributed by atoms with van der Waals surface area (Å²) in [7, 11) is 4.26. The van der Waals surface area contributed by atoms with Gasteiger partial charge in [-0.25, -0.2) is 0 Å². The number of thioether (sulfide) groups is 1. The molecule has 112 valence electrons. The molecule has 0 bridgehead atoms. The molecule has 0 aromatic carbocycles. The first kappa shape index (κ1) is 16.8. The highest BCUT2D eigenvalue weighted by atomic mass is 32.2. The van der Waals surface area contributed by atoms with Gasteiger partial charge in [-0.15, -0.1) is 0 Å². The van der Waals surface area contributed by atoms with Crippen molar-refractivity contribution in [1.82, 2.24) is 10.2 Å². The van der Waals surface area contributed by atoms with Gasteiger partial charge >= 0.3 is 0 Å². The number of aliphatic imine (C=N–C) groups is 1. The van der Waals surface area contributed by atoms with Gasteiger partial charge in [0.05, 0.1) is 6.54 Å². The van der Waals surface area contributed by atoms with Crippen LogP contribution in [0.4, 0.5) is 0 Å². The van der Waals surface area contributed by atoms with Gasteiger partial charge in [0.2, 0.25) is 0 Å². The molecule has 0 saturated heterocycles. The zero-order valence-corrected chi connectivity index (χ0v) is 14.3. The Morgan fingerprint density at radius 1 is 1.37 bits per heavy atom. The van der Waals surface area contributed by atoms with E-state index in [1.54, 1.807) is 0 Å². The van der Waals surface area contributed by atoms with Gasteiger partial charge in [0.15, 0.2) is 5.17 Å². The molecule has 0 aromatic rings. The van der Waals surface area contributed by atoms with Crippen LogP contribution in [-0.4, -0.2) is 49.0 Å². The third kappa shape index (κ3) is 5.74. The zero-order chi connectivity index (χ0) is 14.5. The molecular formula is C15H31N3S. The average molecular weight is 286 g/mol. The SMILES string of the molecule is CCC(CC)C1CN=C(NCC(C)(C)CN(C)C)S1. The third-order valence-corrected chi connectivity index (χ3v) is 5.05. The summed E-state index contributed by atoms with van der Waals surface area (Å²) in [6, 6.07) is 0. The van der Waals surface area contributed by atoms with E-state index in [4.69, 9.17) is 0 Å². The summed E-state index contributed by atoms with van der Waals surface area (Å²) in [6.07, 6.45) is 2.53. The van der Waals surface area contributed by atoms with Crippen LogP contribution < -0.4 is 5.32 Å². The molecule has 0 radical (unpaired) electrons. The van der Waals surface area contributed by atoms with Crippen LogP contribution in [0.1, 0.15) is 40.5 Å². The van der Waals surface area contributed by atoms with Crippen molar-refractivity contribution in [3.63, 3.8) is 0 Å². The summed E-state index contributed by atoms with van der Waals surface area (Å²) in [5, 5.41) is 5.39. The Hall–Kier alpha value is -0.220. The molecule has 1 aliphatic heterocycles. The molecule has 1 unspecified atom stereocenters. The molecule has 3 nitrogen and oxygen atoms in total. The van der Waals surface area contributed by atoms with Gasteiger partial charge in [-0.3, -0.25) is 4.99 Å². The number of nitrogens with one attached hydrogen (secondary N) is 1. The summed E-state index contributed by atoms with van der Waals surface area (Å²) in [5.41, 5.74) is 0.277. The van der Waals surface area contributed by atoms with E-state index in [0.29, 0.717) is 5.25 Å². The van der Waals surface area contributed by atoms with Gasteiger partial charge in [0, 0.05) is 18.3 Å². The Bertz CT molecular complexity index is 296. The average Bonchev–Trinajstić information content (AvgIpc) is 2.75. The van der Waals surface area contributed by atoms with E-state index in [1.807, 2.05) is 11.8 Å². The van der Waals surface area contributed by atoms with E-state index >= 15 is 0 Å². The second kappa shape index (κ2) is 7.53. The minimum absolute atomic E-state index is 0.277. The lowest BCUT2D eigenvalue weighted by Gasteiger charge is -2.28. The van der Waals surface area contributed by atoms with Gasteiger partial charge in [0.1, 0.15) is 0 Å². The van der Waals surface area contributed by atoms with Crippen LogP contribution in [0.15, 0.2) is 4.99 Å². The minimum Gasteiger partial charge on any atom is -0.364 e. The van der Waals surface area contributed by atoms with Gasteiger partial charge in [0.25, 0.3) is 0 Å². The molecule has 0 aliphatic carbocycles. The maximum atomic E-state index is 4.67. The van der Waals surface area contributed by atoms with Crippen molar-refractivity contribution in [3.8, 4) is 0 Å². The summed E-state index contributed by atoms with van der Waals surface area (Å²) >= 11 is 1.95. The minimum atomic E-state index is 0.277. The molecule has 0 spiro atoms. The van der Waals surface area contributed by atoms with E-state index in [0.717, 1.165) is 30.7 Å². The van der Waals surface area contributed by atoms with Crippen LogP contribution in [0.3, 0.4) is 0 Å². The van der Waals surface area contributed by atoms with Crippen LogP contribution in [0.5, 0.6) is 0 Å². The Kier molecular flexibility index (Phi) is 6.67. The first-order valence-corrected chi connectivity index (χ1v) is 8.35. The topological polar surface area (TPSA) is 27.6 Å². The second-order valence-corrected chi connectivity index (χ2v) is 7.86. The number of nitrogens with zero attached hydrogens (tertiary/aromatic N) is 2. The molecule has 1 N–H and O–H groups in total. The van der Waals surface area contributed by atoms with Gasteiger partial charge in [-0.2, -0.15) is 0 Å². The first-order chi connectivity index (χ1) is 8.88. The van der Waals surface area contributed by atoms with E-state index in [-0.39, 0.29) is 5.41 Å². The van der Waals surface area contributed by atoms with Crippen molar-refractivity contribution in [2.24, 2.45) is 16.3 Å². The molecular weight excluding hydrogens is 254 g/mol. The lowest BCUT2D eigenvalue weighted by Crippen LogP contribution is -2.39. The Labute approximate surface area is 123 Å². The largest absolute Gasteiger partial charge is 0.364 e. The van der Waals surface area contributed by atoms with E-state index in [2.05, 4.69) is 57.0 Å². The summed E-state index contributed by atoms with van der Waals surface area (Å²) < 4.78 is 0. The van der Waals surface area contributed by atoms with Crippen LogP contribution in [-0.2, 0) is 0 Å². The highest BCUT2D eigenvalue weighted by molar-refractivity contribution is 8.14. The normalized spacial score (nSPS) is 20.2. The third-order valence-electron chi connectivity index (χ3n) is 3.71. The molecule has 0 saturated carbocycles. The van der Waals surface area contributed by atoms with Crippen LogP contribution in [0, 0.1) is 11.3 Å². The standard InChI is InChI=1S/C15H31N3S/c1-7-12(8-2)13-9-16-14(19-13)17-10-15(3,4)11-18(5)6/h12-13H,7-11H2,1-6H3,(H,16,17). The van der Waals surface area contributed by atoms with Gasteiger partial charge in [-0.05, 0) is 25.4 Å². The second-order valence-electron chi connectivity index (χ2n) is 6.63. The van der Waals surface area contributed by atoms with Crippen molar-refractivity contribution >= 4 is 16.9 Å². The quantitative estimate of drug-likeness (QED) is 0.779. The van der Waals surface area contributed by atoms with Gasteiger partial charge in [-0.1, -0.05) is 52.3 Å². The molecule has 1 rings (SSSR count). The molecule has 0 amide bonds. The fourth-order valence-electron chi connectivity index (χ4n) is 2.77. The van der Waals surface area contributed by atoms with Crippen molar-refractivity contribution in [2.75, 3.05) is 33.7 Å². The van der Waals surface area contributed by atoms with Crippen LogP contribution >= 0.6 is 11.8 Å². The molecule has 1 aliphatic rings. The van der Waals surface area contributed by atoms with E-state index in [1.165, 1.54) is 12.8 Å². The van der Waals surface area contributed by atoms with Gasteiger partial charge < -0.3 is 10.2 Å². The molecule has 1 heterocycles. The molecule has 0 aromatic heterocycles. The Morgan fingerprint density at radius 2 is 2.00 bits per heavy atom. The predicted octanol–water partition coefficient (Wildman–Crippen LogP) is 3.07. The predicted molar refractivity (Wildman–Crippen MR) is 88.1 cm³/mol. The fraction of sp³-hybridized carbons (Fsp3) is 0.933. The van der Waals surface area contributed by atoms with Crippen molar-refractivity contribution in [1.29, 1.82) is 0 Å². The van der Waals surface area contributed by atoms with Crippen LogP contribution in [0.2, 0.25) is 0 Å². The number of hydrogen-bond donors (Lipinski definition) is 1. The maximum absolute atomic E-state index is 4.67. The van der Waals surface area contributed by atoms with Crippen molar-refractivity contribution in [2.45, 2.75) is 45.8 Å². The van der Waals surface area contributed by atoms with Crippen molar-refractivity contribution in [3.05, 3.63) is 0 Å².